The van der Waals surface area contributed by atoms with Gasteiger partial charge in [0, 0.05) is 41.3 Å². The van der Waals surface area contributed by atoms with Gasteiger partial charge in [-0.05, 0) is 32.0 Å². The highest BCUT2D eigenvalue weighted by molar-refractivity contribution is 6.36. The Labute approximate surface area is 124 Å². The maximum Gasteiger partial charge on any atom is 0.0702 e. The smallest absolute Gasteiger partial charge is 0.0702 e. The molecule has 0 spiro atoms. The van der Waals surface area contributed by atoms with Crippen molar-refractivity contribution in [2.24, 2.45) is 5.73 Å². The van der Waals surface area contributed by atoms with Crippen LogP contribution in [0.1, 0.15) is 24.4 Å². The molecule has 0 aliphatic carbocycles. The van der Waals surface area contributed by atoms with E-state index in [1.54, 1.807) is 0 Å². The normalized spacial score (nSPS) is 21.0. The Morgan fingerprint density at radius 1 is 1.42 bits per heavy atom. The van der Waals surface area contributed by atoms with Gasteiger partial charge in [0.2, 0.25) is 0 Å². The molecule has 5 heteroatoms. The third-order valence-electron chi connectivity index (χ3n) is 3.60. The minimum absolute atomic E-state index is 0.0189. The predicted octanol–water partition coefficient (Wildman–Crippen LogP) is 3.10. The molecule has 0 saturated carbocycles. The molecule has 0 bridgehead atoms. The lowest BCUT2D eigenvalue weighted by Gasteiger charge is -2.30. The van der Waals surface area contributed by atoms with Gasteiger partial charge < -0.3 is 10.5 Å². The van der Waals surface area contributed by atoms with Gasteiger partial charge >= 0.3 is 0 Å². The van der Waals surface area contributed by atoms with E-state index in [1.165, 1.54) is 0 Å². The first-order valence-corrected chi connectivity index (χ1v) is 7.35. The number of ether oxygens (including phenoxy) is 1. The second-order valence-electron chi connectivity index (χ2n) is 4.96. The van der Waals surface area contributed by atoms with Crippen LogP contribution in [0.5, 0.6) is 0 Å². The summed E-state index contributed by atoms with van der Waals surface area (Å²) in [5, 5.41) is 1.34. The molecular formula is C14H20Cl2N2O. The van der Waals surface area contributed by atoms with Crippen molar-refractivity contribution in [3.05, 3.63) is 33.8 Å². The highest BCUT2D eigenvalue weighted by Gasteiger charge is 2.25. The Bertz CT molecular complexity index is 402. The van der Waals surface area contributed by atoms with Crippen LogP contribution in [0, 0.1) is 0 Å². The fourth-order valence-electron chi connectivity index (χ4n) is 2.58. The molecule has 2 rings (SSSR count). The summed E-state index contributed by atoms with van der Waals surface area (Å²) in [7, 11) is 2.04. The van der Waals surface area contributed by atoms with Crippen LogP contribution in [0.25, 0.3) is 0 Å². The quantitative estimate of drug-likeness (QED) is 0.908. The Kier molecular flexibility index (Phi) is 5.48. The second kappa shape index (κ2) is 6.91. The van der Waals surface area contributed by atoms with Gasteiger partial charge in [-0.1, -0.05) is 29.3 Å². The first-order chi connectivity index (χ1) is 9.13. The van der Waals surface area contributed by atoms with E-state index in [4.69, 9.17) is 33.7 Å². The number of benzene rings is 1. The minimum Gasteiger partial charge on any atom is -0.377 e. The van der Waals surface area contributed by atoms with Gasteiger partial charge in [-0.3, -0.25) is 4.90 Å². The Balaban J connectivity index is 2.14. The zero-order chi connectivity index (χ0) is 13.8. The molecule has 0 amide bonds. The van der Waals surface area contributed by atoms with Crippen LogP contribution in [0.2, 0.25) is 10.0 Å². The molecule has 3 nitrogen and oxygen atoms in total. The van der Waals surface area contributed by atoms with Crippen molar-refractivity contribution in [1.82, 2.24) is 4.90 Å². The number of nitrogens with zero attached hydrogens (tertiary/aromatic N) is 1. The number of hydrogen-bond acceptors (Lipinski definition) is 3. The summed E-state index contributed by atoms with van der Waals surface area (Å²) in [6.45, 7) is 2.19. The Hall–Kier alpha value is -0.320. The van der Waals surface area contributed by atoms with Crippen LogP contribution < -0.4 is 5.73 Å². The molecule has 2 atom stereocenters. The highest BCUT2D eigenvalue weighted by atomic mass is 35.5. The molecule has 1 aliphatic rings. The molecule has 1 aromatic rings. The lowest BCUT2D eigenvalue weighted by molar-refractivity contribution is 0.0690. The molecule has 106 valence electrons. The molecule has 2 unspecified atom stereocenters. The Morgan fingerprint density at radius 2 is 2.11 bits per heavy atom. The van der Waals surface area contributed by atoms with Crippen molar-refractivity contribution in [1.29, 1.82) is 0 Å². The van der Waals surface area contributed by atoms with E-state index >= 15 is 0 Å². The van der Waals surface area contributed by atoms with Crippen LogP contribution in [0.3, 0.4) is 0 Å². The third kappa shape index (κ3) is 3.61. The number of likely N-dealkylation sites (N-methyl/N-ethyl adjacent to an activating group) is 1. The second-order valence-corrected chi connectivity index (χ2v) is 5.78. The van der Waals surface area contributed by atoms with Crippen LogP contribution in [0.15, 0.2) is 18.2 Å². The molecule has 0 radical (unpaired) electrons. The summed E-state index contributed by atoms with van der Waals surface area (Å²) >= 11 is 12.5. The molecular weight excluding hydrogens is 283 g/mol. The van der Waals surface area contributed by atoms with E-state index in [9.17, 15) is 0 Å². The molecule has 1 aromatic carbocycles. The predicted molar refractivity (Wildman–Crippen MR) is 79.9 cm³/mol. The van der Waals surface area contributed by atoms with Gasteiger partial charge in [-0.25, -0.2) is 0 Å². The van der Waals surface area contributed by atoms with Gasteiger partial charge in [0.15, 0.2) is 0 Å². The molecule has 2 N–H and O–H groups in total. The fourth-order valence-corrected chi connectivity index (χ4v) is 3.23. The first-order valence-electron chi connectivity index (χ1n) is 6.59. The van der Waals surface area contributed by atoms with Gasteiger partial charge in [-0.2, -0.15) is 0 Å². The van der Waals surface area contributed by atoms with Crippen LogP contribution >= 0.6 is 23.2 Å². The highest BCUT2D eigenvalue weighted by Crippen LogP contribution is 2.33. The maximum absolute atomic E-state index is 6.27. The van der Waals surface area contributed by atoms with Crippen LogP contribution in [-0.2, 0) is 4.74 Å². The molecule has 19 heavy (non-hydrogen) atoms. The van der Waals surface area contributed by atoms with Gasteiger partial charge in [-0.15, -0.1) is 0 Å². The van der Waals surface area contributed by atoms with Crippen molar-refractivity contribution < 1.29 is 4.74 Å². The maximum atomic E-state index is 6.27. The number of rotatable bonds is 5. The molecule has 1 saturated heterocycles. The molecule has 1 fully saturated rings. The van der Waals surface area contributed by atoms with Crippen LogP contribution in [0.4, 0.5) is 0 Å². The zero-order valence-electron chi connectivity index (χ0n) is 11.1. The summed E-state index contributed by atoms with van der Waals surface area (Å²) in [5.41, 5.74) is 6.83. The van der Waals surface area contributed by atoms with Gasteiger partial charge in [0.1, 0.15) is 0 Å². The lowest BCUT2D eigenvalue weighted by Crippen LogP contribution is -2.36. The summed E-state index contributed by atoms with van der Waals surface area (Å²) in [4.78, 5) is 2.18. The Morgan fingerprint density at radius 3 is 2.63 bits per heavy atom. The van der Waals surface area contributed by atoms with E-state index in [0.717, 1.165) is 31.6 Å². The topological polar surface area (TPSA) is 38.5 Å². The lowest BCUT2D eigenvalue weighted by atomic mass is 10.0. The molecule has 1 heterocycles. The van der Waals surface area contributed by atoms with E-state index < -0.39 is 0 Å². The SMILES string of the molecule is CN(CC1CCCO1)C(CN)c1c(Cl)cccc1Cl. The van der Waals surface area contributed by atoms with Crippen molar-refractivity contribution >= 4 is 23.2 Å². The van der Waals surface area contributed by atoms with E-state index in [2.05, 4.69) is 4.90 Å². The van der Waals surface area contributed by atoms with Gasteiger partial charge in [0.25, 0.3) is 0 Å². The minimum atomic E-state index is 0.0189. The van der Waals surface area contributed by atoms with Crippen molar-refractivity contribution in [3.8, 4) is 0 Å². The average Bonchev–Trinajstić information content (AvgIpc) is 2.86. The van der Waals surface area contributed by atoms with Crippen molar-refractivity contribution in [3.63, 3.8) is 0 Å². The number of halogens is 2. The van der Waals surface area contributed by atoms with Gasteiger partial charge in [0.05, 0.1) is 6.10 Å². The van der Waals surface area contributed by atoms with Crippen molar-refractivity contribution in [2.45, 2.75) is 25.0 Å². The molecule has 0 aromatic heterocycles. The van der Waals surface area contributed by atoms with Crippen LogP contribution in [-0.4, -0.2) is 37.7 Å². The molecule has 1 aliphatic heterocycles. The summed E-state index contributed by atoms with van der Waals surface area (Å²) < 4.78 is 5.67. The first kappa shape index (κ1) is 15.1. The largest absolute Gasteiger partial charge is 0.377 e. The van der Waals surface area contributed by atoms with E-state index in [1.807, 2.05) is 25.2 Å². The van der Waals surface area contributed by atoms with Crippen molar-refractivity contribution in [2.75, 3.05) is 26.7 Å². The number of hydrogen-bond donors (Lipinski definition) is 1. The summed E-state index contributed by atoms with van der Waals surface area (Å²) in [6, 6.07) is 5.57. The monoisotopic (exact) mass is 302 g/mol. The van der Waals surface area contributed by atoms with E-state index in [0.29, 0.717) is 22.7 Å². The average molecular weight is 303 g/mol. The number of nitrogens with two attached hydrogens (primary N) is 1. The van der Waals surface area contributed by atoms with E-state index in [-0.39, 0.29) is 6.04 Å². The fraction of sp³-hybridized carbons (Fsp3) is 0.571. The third-order valence-corrected chi connectivity index (χ3v) is 4.26. The summed E-state index contributed by atoms with van der Waals surface area (Å²) in [6.07, 6.45) is 2.54. The standard InChI is InChI=1S/C14H20Cl2N2O/c1-18(9-10-4-3-7-19-10)13(8-17)14-11(15)5-2-6-12(14)16/h2,5-6,10,13H,3-4,7-9,17H2,1H3. The summed E-state index contributed by atoms with van der Waals surface area (Å²) in [5.74, 6) is 0. The zero-order valence-corrected chi connectivity index (χ0v) is 12.6.